The Labute approximate surface area is 135 Å². The molecular formula is C19H19NO3. The summed E-state index contributed by atoms with van der Waals surface area (Å²) in [6.07, 6.45) is -0.347. The average Bonchev–Trinajstić information content (AvgIpc) is 2.57. The number of aryl methyl sites for hydroxylation is 1. The van der Waals surface area contributed by atoms with Gasteiger partial charge >= 0.3 is 5.97 Å². The summed E-state index contributed by atoms with van der Waals surface area (Å²) in [6.45, 7) is 4.41. The van der Waals surface area contributed by atoms with Crippen molar-refractivity contribution in [2.45, 2.75) is 26.4 Å². The van der Waals surface area contributed by atoms with Gasteiger partial charge in [0.1, 0.15) is 0 Å². The number of amides is 1. The van der Waals surface area contributed by atoms with E-state index in [1.54, 1.807) is 17.0 Å². The molecule has 0 aromatic heterocycles. The molecule has 1 aliphatic heterocycles. The van der Waals surface area contributed by atoms with Crippen LogP contribution >= 0.6 is 0 Å². The molecule has 4 nitrogen and oxygen atoms in total. The largest absolute Gasteiger partial charge is 0.448 e. The first-order chi connectivity index (χ1) is 11.1. The van der Waals surface area contributed by atoms with Crippen molar-refractivity contribution < 1.29 is 14.3 Å². The second kappa shape index (κ2) is 6.24. The maximum atomic E-state index is 12.9. The lowest BCUT2D eigenvalue weighted by atomic mass is 9.98. The van der Waals surface area contributed by atoms with E-state index in [-0.39, 0.29) is 5.91 Å². The van der Waals surface area contributed by atoms with Gasteiger partial charge in [0, 0.05) is 18.7 Å². The fraction of sp³-hybridized carbons (Fsp3) is 0.263. The molecule has 0 aliphatic carbocycles. The van der Waals surface area contributed by atoms with Gasteiger partial charge in [0.15, 0.2) is 6.10 Å². The monoisotopic (exact) mass is 309 g/mol. The number of carbonyl (C=O) groups is 2. The van der Waals surface area contributed by atoms with E-state index in [9.17, 15) is 9.59 Å². The lowest BCUT2D eigenvalue weighted by Crippen LogP contribution is -2.44. The zero-order valence-electron chi connectivity index (χ0n) is 13.3. The van der Waals surface area contributed by atoms with Crippen LogP contribution in [0.5, 0.6) is 0 Å². The van der Waals surface area contributed by atoms with Crippen LogP contribution in [0.1, 0.15) is 28.4 Å². The second-order valence-electron chi connectivity index (χ2n) is 5.62. The highest BCUT2D eigenvalue weighted by atomic mass is 16.5. The van der Waals surface area contributed by atoms with Crippen molar-refractivity contribution in [3.05, 3.63) is 65.2 Å². The summed E-state index contributed by atoms with van der Waals surface area (Å²) in [5, 5.41) is 0. The minimum absolute atomic E-state index is 0.176. The van der Waals surface area contributed by atoms with Crippen LogP contribution in [0.3, 0.4) is 0 Å². The van der Waals surface area contributed by atoms with Crippen LogP contribution in [0.2, 0.25) is 0 Å². The Morgan fingerprint density at radius 1 is 1.17 bits per heavy atom. The number of hydrogen-bond donors (Lipinski definition) is 0. The zero-order valence-corrected chi connectivity index (χ0v) is 13.3. The molecule has 0 N–H and O–H groups in total. The van der Waals surface area contributed by atoms with E-state index >= 15 is 0 Å². The molecule has 0 fully saturated rings. The molecule has 1 unspecified atom stereocenters. The Bertz CT molecular complexity index is 754. The highest BCUT2D eigenvalue weighted by molar-refractivity contribution is 6.01. The van der Waals surface area contributed by atoms with E-state index in [0.29, 0.717) is 18.5 Å². The Morgan fingerprint density at radius 3 is 2.61 bits per heavy atom. The number of nitrogens with zero attached hydrogens (tertiary/aromatic N) is 1. The van der Waals surface area contributed by atoms with Gasteiger partial charge in [0.25, 0.3) is 5.91 Å². The van der Waals surface area contributed by atoms with Crippen LogP contribution in [0, 0.1) is 6.92 Å². The lowest BCUT2D eigenvalue weighted by molar-refractivity contribution is -0.127. The standard InChI is InChI=1S/C19H19NO3/c1-3-20(16-11-7-4-8-13(16)2)18(21)17-12-14-9-5-6-10-15(14)19(22)23-17/h4-11,17H,3,12H2,1-2H3. The minimum Gasteiger partial charge on any atom is -0.448 e. The SMILES string of the molecule is CCN(C(=O)C1Cc2ccccc2C(=O)O1)c1ccccc1C. The van der Waals surface area contributed by atoms with Gasteiger partial charge in [-0.2, -0.15) is 0 Å². The van der Waals surface area contributed by atoms with Crippen molar-refractivity contribution in [3.8, 4) is 0 Å². The van der Waals surface area contributed by atoms with Crippen LogP contribution < -0.4 is 4.90 Å². The number of cyclic esters (lactones) is 1. The van der Waals surface area contributed by atoms with Crippen molar-refractivity contribution in [2.75, 3.05) is 11.4 Å². The number of anilines is 1. The van der Waals surface area contributed by atoms with Crippen molar-refractivity contribution in [3.63, 3.8) is 0 Å². The molecule has 1 amide bonds. The van der Waals surface area contributed by atoms with Crippen LogP contribution in [-0.2, 0) is 16.0 Å². The number of esters is 1. The maximum absolute atomic E-state index is 12.9. The molecule has 2 aromatic carbocycles. The summed E-state index contributed by atoms with van der Waals surface area (Å²) in [5.41, 5.74) is 3.29. The Balaban J connectivity index is 1.88. The Hall–Kier alpha value is -2.62. The first-order valence-corrected chi connectivity index (χ1v) is 7.77. The van der Waals surface area contributed by atoms with Gasteiger partial charge in [-0.1, -0.05) is 36.4 Å². The van der Waals surface area contributed by atoms with Crippen LogP contribution in [0.4, 0.5) is 5.69 Å². The van der Waals surface area contributed by atoms with Gasteiger partial charge in [-0.3, -0.25) is 4.79 Å². The number of ether oxygens (including phenoxy) is 1. The third-order valence-electron chi connectivity index (χ3n) is 4.16. The summed E-state index contributed by atoms with van der Waals surface area (Å²) in [4.78, 5) is 26.7. The topological polar surface area (TPSA) is 46.6 Å². The van der Waals surface area contributed by atoms with Crippen molar-refractivity contribution in [1.82, 2.24) is 0 Å². The third-order valence-corrected chi connectivity index (χ3v) is 4.16. The van der Waals surface area contributed by atoms with Gasteiger partial charge in [0.05, 0.1) is 5.56 Å². The molecule has 4 heteroatoms. The molecule has 23 heavy (non-hydrogen) atoms. The highest BCUT2D eigenvalue weighted by Gasteiger charge is 2.34. The second-order valence-corrected chi connectivity index (χ2v) is 5.62. The molecular weight excluding hydrogens is 290 g/mol. The minimum atomic E-state index is -0.767. The number of para-hydroxylation sites is 1. The maximum Gasteiger partial charge on any atom is 0.339 e. The Morgan fingerprint density at radius 2 is 1.87 bits per heavy atom. The Kier molecular flexibility index (Phi) is 4.15. The highest BCUT2D eigenvalue weighted by Crippen LogP contribution is 2.25. The molecule has 1 heterocycles. The van der Waals surface area contributed by atoms with Crippen molar-refractivity contribution >= 4 is 17.6 Å². The number of likely N-dealkylation sites (N-methyl/N-ethyl adjacent to an activating group) is 1. The van der Waals surface area contributed by atoms with Crippen molar-refractivity contribution in [1.29, 1.82) is 0 Å². The average molecular weight is 309 g/mol. The number of hydrogen-bond acceptors (Lipinski definition) is 3. The number of rotatable bonds is 3. The first-order valence-electron chi connectivity index (χ1n) is 7.77. The lowest BCUT2D eigenvalue weighted by Gasteiger charge is -2.30. The van der Waals surface area contributed by atoms with Crippen LogP contribution in [0.15, 0.2) is 48.5 Å². The number of benzene rings is 2. The van der Waals surface area contributed by atoms with Gasteiger partial charge < -0.3 is 9.64 Å². The van der Waals surface area contributed by atoms with E-state index in [4.69, 9.17) is 4.74 Å². The fourth-order valence-corrected chi connectivity index (χ4v) is 2.95. The van der Waals surface area contributed by atoms with E-state index < -0.39 is 12.1 Å². The molecule has 3 rings (SSSR count). The third kappa shape index (κ3) is 2.84. The van der Waals surface area contributed by atoms with Crippen molar-refractivity contribution in [2.24, 2.45) is 0 Å². The zero-order chi connectivity index (χ0) is 16.4. The molecule has 0 saturated carbocycles. The smallest absolute Gasteiger partial charge is 0.339 e. The molecule has 2 aromatic rings. The molecule has 0 radical (unpaired) electrons. The number of carbonyl (C=O) groups excluding carboxylic acids is 2. The summed E-state index contributed by atoms with van der Waals surface area (Å²) < 4.78 is 5.39. The predicted octanol–water partition coefficient (Wildman–Crippen LogP) is 3.13. The van der Waals surface area contributed by atoms with Gasteiger partial charge in [0.2, 0.25) is 0 Å². The molecule has 0 saturated heterocycles. The molecule has 118 valence electrons. The molecule has 0 spiro atoms. The summed E-state index contributed by atoms with van der Waals surface area (Å²) in [6, 6.07) is 15.0. The van der Waals surface area contributed by atoms with Gasteiger partial charge in [-0.05, 0) is 37.1 Å². The number of fused-ring (bicyclic) bond motifs is 1. The first kappa shape index (κ1) is 15.3. The van der Waals surface area contributed by atoms with Gasteiger partial charge in [-0.15, -0.1) is 0 Å². The fourth-order valence-electron chi connectivity index (χ4n) is 2.95. The predicted molar refractivity (Wildman–Crippen MR) is 88.6 cm³/mol. The van der Waals surface area contributed by atoms with Gasteiger partial charge in [-0.25, -0.2) is 4.79 Å². The summed E-state index contributed by atoms with van der Waals surface area (Å²) >= 11 is 0. The van der Waals surface area contributed by atoms with E-state index in [1.807, 2.05) is 50.2 Å². The molecule has 1 atom stereocenters. The van der Waals surface area contributed by atoms with E-state index in [1.165, 1.54) is 0 Å². The van der Waals surface area contributed by atoms with E-state index in [2.05, 4.69) is 0 Å². The quantitative estimate of drug-likeness (QED) is 0.818. The summed E-state index contributed by atoms with van der Waals surface area (Å²) in [7, 11) is 0. The van der Waals surface area contributed by atoms with Crippen LogP contribution in [0.25, 0.3) is 0 Å². The molecule has 0 bridgehead atoms. The normalized spacial score (nSPS) is 16.4. The molecule has 1 aliphatic rings. The van der Waals surface area contributed by atoms with E-state index in [0.717, 1.165) is 16.8 Å². The van der Waals surface area contributed by atoms with Crippen LogP contribution in [-0.4, -0.2) is 24.5 Å². The summed E-state index contributed by atoms with van der Waals surface area (Å²) in [5.74, 6) is -0.601.